The van der Waals surface area contributed by atoms with Crippen molar-refractivity contribution in [2.45, 2.75) is 51.0 Å². The van der Waals surface area contributed by atoms with E-state index in [-0.39, 0.29) is 5.41 Å². The van der Waals surface area contributed by atoms with Crippen LogP contribution in [0.2, 0.25) is 0 Å². The highest BCUT2D eigenvalue weighted by Gasteiger charge is 2.48. The van der Waals surface area contributed by atoms with Crippen molar-refractivity contribution in [1.29, 1.82) is 0 Å². The van der Waals surface area contributed by atoms with Crippen LogP contribution >= 0.6 is 0 Å². The molecule has 114 valence electrons. The molecule has 1 aromatic carbocycles. The van der Waals surface area contributed by atoms with E-state index >= 15 is 0 Å². The van der Waals surface area contributed by atoms with Gasteiger partial charge in [-0.2, -0.15) is 0 Å². The number of benzene rings is 1. The standard InChI is InChI=1S/C19H27NO/c1-4-5-6-10-20-11-9-19(3)14(2)18(20)12-15-7-8-16(21)13-17(15)19/h4,7-8,13-14,18,21H,1,5-6,9-12H2,2-3H3/t14-,18+,19+/m0/s1. The molecule has 21 heavy (non-hydrogen) atoms. The summed E-state index contributed by atoms with van der Waals surface area (Å²) in [6.45, 7) is 11.0. The second-order valence-electron chi connectivity index (χ2n) is 7.04. The summed E-state index contributed by atoms with van der Waals surface area (Å²) >= 11 is 0. The number of unbranched alkanes of at least 4 members (excludes halogenated alkanes) is 1. The van der Waals surface area contributed by atoms with Gasteiger partial charge >= 0.3 is 0 Å². The fraction of sp³-hybridized carbons (Fsp3) is 0.579. The minimum absolute atomic E-state index is 0.214. The van der Waals surface area contributed by atoms with Gasteiger partial charge < -0.3 is 5.11 Å². The molecule has 2 nitrogen and oxygen atoms in total. The van der Waals surface area contributed by atoms with Crippen LogP contribution in [0.1, 0.15) is 44.2 Å². The molecule has 0 unspecified atom stereocenters. The van der Waals surface area contributed by atoms with E-state index in [0.717, 1.165) is 12.8 Å². The van der Waals surface area contributed by atoms with Crippen molar-refractivity contribution < 1.29 is 5.11 Å². The number of phenolic OH excluding ortho intramolecular Hbond substituents is 1. The monoisotopic (exact) mass is 285 g/mol. The van der Waals surface area contributed by atoms with Gasteiger partial charge in [0.2, 0.25) is 0 Å². The van der Waals surface area contributed by atoms with Crippen molar-refractivity contribution in [2.75, 3.05) is 13.1 Å². The summed E-state index contributed by atoms with van der Waals surface area (Å²) in [6.07, 6.45) is 6.66. The van der Waals surface area contributed by atoms with Crippen molar-refractivity contribution in [3.8, 4) is 5.75 Å². The Hall–Kier alpha value is -1.28. The van der Waals surface area contributed by atoms with E-state index in [1.165, 1.54) is 37.1 Å². The van der Waals surface area contributed by atoms with Crippen molar-refractivity contribution in [3.05, 3.63) is 42.0 Å². The fourth-order valence-corrected chi connectivity index (χ4v) is 4.41. The Morgan fingerprint density at radius 1 is 1.48 bits per heavy atom. The van der Waals surface area contributed by atoms with E-state index < -0.39 is 0 Å². The van der Waals surface area contributed by atoms with Crippen LogP contribution in [-0.2, 0) is 11.8 Å². The molecule has 1 aliphatic carbocycles. The van der Waals surface area contributed by atoms with E-state index in [1.807, 2.05) is 18.2 Å². The predicted molar refractivity (Wildman–Crippen MR) is 87.7 cm³/mol. The first kappa shape index (κ1) is 14.6. The zero-order valence-corrected chi connectivity index (χ0v) is 13.3. The number of hydrogen-bond acceptors (Lipinski definition) is 2. The lowest BCUT2D eigenvalue weighted by atomic mass is 9.59. The molecule has 0 aromatic heterocycles. The number of piperidine rings is 1. The van der Waals surface area contributed by atoms with E-state index in [4.69, 9.17) is 0 Å². The van der Waals surface area contributed by atoms with Gasteiger partial charge in [-0.1, -0.05) is 26.0 Å². The van der Waals surface area contributed by atoms with E-state index in [2.05, 4.69) is 31.4 Å². The van der Waals surface area contributed by atoms with Gasteiger partial charge in [0.1, 0.15) is 5.75 Å². The van der Waals surface area contributed by atoms with Crippen LogP contribution in [0.4, 0.5) is 0 Å². The van der Waals surface area contributed by atoms with Gasteiger partial charge in [0, 0.05) is 6.04 Å². The third kappa shape index (κ3) is 2.40. The van der Waals surface area contributed by atoms with Crippen LogP contribution in [0.15, 0.2) is 30.9 Å². The Labute approximate surface area is 128 Å². The summed E-state index contributed by atoms with van der Waals surface area (Å²) in [7, 11) is 0. The molecule has 3 atom stereocenters. The summed E-state index contributed by atoms with van der Waals surface area (Å²) in [5, 5.41) is 9.86. The molecule has 3 rings (SSSR count). The number of aromatic hydroxyl groups is 1. The molecule has 1 heterocycles. The maximum atomic E-state index is 9.86. The van der Waals surface area contributed by atoms with Gasteiger partial charge in [-0.15, -0.1) is 6.58 Å². The molecule has 0 amide bonds. The fourth-order valence-electron chi connectivity index (χ4n) is 4.41. The molecule has 1 aliphatic heterocycles. The van der Waals surface area contributed by atoms with Crippen LogP contribution in [0, 0.1) is 5.92 Å². The highest BCUT2D eigenvalue weighted by Crippen LogP contribution is 2.49. The second kappa shape index (κ2) is 5.49. The predicted octanol–water partition coefficient (Wildman–Crippen LogP) is 3.88. The van der Waals surface area contributed by atoms with Gasteiger partial charge in [-0.25, -0.2) is 0 Å². The van der Waals surface area contributed by atoms with Crippen molar-refractivity contribution in [2.24, 2.45) is 5.92 Å². The average Bonchev–Trinajstić information content (AvgIpc) is 2.46. The zero-order valence-electron chi connectivity index (χ0n) is 13.3. The Morgan fingerprint density at radius 3 is 3.05 bits per heavy atom. The maximum Gasteiger partial charge on any atom is 0.115 e. The molecule has 1 N–H and O–H groups in total. The Balaban J connectivity index is 1.88. The Morgan fingerprint density at radius 2 is 2.29 bits per heavy atom. The summed E-state index contributed by atoms with van der Waals surface area (Å²) in [4.78, 5) is 2.69. The number of rotatable bonds is 4. The number of phenols is 1. The lowest BCUT2D eigenvalue weighted by molar-refractivity contribution is 0.0309. The molecule has 1 aromatic rings. The van der Waals surface area contributed by atoms with E-state index in [9.17, 15) is 5.11 Å². The summed E-state index contributed by atoms with van der Waals surface area (Å²) in [5.41, 5.74) is 3.04. The van der Waals surface area contributed by atoms with Gasteiger partial charge in [0.05, 0.1) is 0 Å². The molecular weight excluding hydrogens is 258 g/mol. The molecule has 2 aliphatic rings. The largest absolute Gasteiger partial charge is 0.508 e. The Kier molecular flexibility index (Phi) is 3.83. The first-order valence-electron chi connectivity index (χ1n) is 8.23. The van der Waals surface area contributed by atoms with Gasteiger partial charge in [-0.3, -0.25) is 4.90 Å². The average molecular weight is 285 g/mol. The van der Waals surface area contributed by atoms with Crippen LogP contribution in [-0.4, -0.2) is 29.1 Å². The van der Waals surface area contributed by atoms with Crippen molar-refractivity contribution in [1.82, 2.24) is 4.90 Å². The minimum Gasteiger partial charge on any atom is -0.508 e. The quantitative estimate of drug-likeness (QED) is 0.670. The molecule has 2 heteroatoms. The van der Waals surface area contributed by atoms with Crippen LogP contribution < -0.4 is 0 Å². The number of nitrogens with zero attached hydrogens (tertiary/aromatic N) is 1. The third-order valence-electron chi connectivity index (χ3n) is 5.96. The first-order chi connectivity index (χ1) is 10.1. The number of allylic oxidation sites excluding steroid dienone is 1. The molecule has 0 saturated carbocycles. The topological polar surface area (TPSA) is 23.5 Å². The molecule has 1 saturated heterocycles. The van der Waals surface area contributed by atoms with E-state index in [0.29, 0.717) is 17.7 Å². The smallest absolute Gasteiger partial charge is 0.115 e. The van der Waals surface area contributed by atoms with Gasteiger partial charge in [-0.05, 0) is 73.4 Å². The second-order valence-corrected chi connectivity index (χ2v) is 7.04. The summed E-state index contributed by atoms with van der Waals surface area (Å²) < 4.78 is 0. The number of fused-ring (bicyclic) bond motifs is 4. The molecule has 0 spiro atoms. The lowest BCUT2D eigenvalue weighted by Crippen LogP contribution is -2.58. The normalized spacial score (nSPS) is 31.7. The first-order valence-corrected chi connectivity index (χ1v) is 8.23. The number of likely N-dealkylation sites (tertiary alicyclic amines) is 1. The number of hydrogen-bond donors (Lipinski definition) is 1. The minimum atomic E-state index is 0.214. The Bertz CT molecular complexity index is 538. The van der Waals surface area contributed by atoms with Crippen molar-refractivity contribution in [3.63, 3.8) is 0 Å². The van der Waals surface area contributed by atoms with E-state index in [1.54, 1.807) is 0 Å². The molecule has 1 fully saturated rings. The molecular formula is C19H27NO. The van der Waals surface area contributed by atoms with Gasteiger partial charge in [0.25, 0.3) is 0 Å². The third-order valence-corrected chi connectivity index (χ3v) is 5.96. The highest BCUT2D eigenvalue weighted by atomic mass is 16.3. The zero-order chi connectivity index (χ0) is 15.0. The summed E-state index contributed by atoms with van der Waals surface area (Å²) in [5.74, 6) is 1.05. The maximum absolute atomic E-state index is 9.86. The van der Waals surface area contributed by atoms with Crippen LogP contribution in [0.3, 0.4) is 0 Å². The van der Waals surface area contributed by atoms with Crippen LogP contribution in [0.5, 0.6) is 5.75 Å². The highest BCUT2D eigenvalue weighted by molar-refractivity contribution is 5.44. The molecule has 0 radical (unpaired) electrons. The lowest BCUT2D eigenvalue weighted by Gasteiger charge is -2.54. The summed E-state index contributed by atoms with van der Waals surface area (Å²) in [6, 6.07) is 6.63. The van der Waals surface area contributed by atoms with Crippen LogP contribution in [0.25, 0.3) is 0 Å². The van der Waals surface area contributed by atoms with Gasteiger partial charge in [0.15, 0.2) is 0 Å². The van der Waals surface area contributed by atoms with Crippen molar-refractivity contribution >= 4 is 0 Å². The molecule has 2 bridgehead atoms. The SMILES string of the molecule is C=CCCCN1CC[C@@]2(C)c3cc(O)ccc3C[C@@H]1[C@@H]2C.